The molecular formula is C31H35BO5. The highest BCUT2D eigenvalue weighted by Gasteiger charge is 2.53. The Morgan fingerprint density at radius 3 is 2.41 bits per heavy atom. The number of rotatable bonds is 7. The highest BCUT2D eigenvalue weighted by molar-refractivity contribution is 6.43. The molecule has 0 aromatic heterocycles. The number of carbonyl (C=O) groups is 2. The Morgan fingerprint density at radius 1 is 1.00 bits per heavy atom. The van der Waals surface area contributed by atoms with Crippen LogP contribution in [0.1, 0.15) is 78.7 Å². The third-order valence-electron chi connectivity index (χ3n) is 8.38. The number of hydrogen-bond acceptors (Lipinski definition) is 5. The van der Waals surface area contributed by atoms with Crippen molar-refractivity contribution in [2.45, 2.75) is 64.8 Å². The molecule has 0 amide bonds. The molecule has 1 heterocycles. The van der Waals surface area contributed by atoms with Gasteiger partial charge in [-0.1, -0.05) is 80.0 Å². The van der Waals surface area contributed by atoms with E-state index in [-0.39, 0.29) is 35.3 Å². The number of allylic oxidation sites excluding steroid dienone is 2. The Bertz CT molecular complexity index is 1260. The van der Waals surface area contributed by atoms with Gasteiger partial charge in [-0.25, -0.2) is 0 Å². The molecule has 0 saturated carbocycles. The van der Waals surface area contributed by atoms with Crippen molar-refractivity contribution in [1.82, 2.24) is 0 Å². The summed E-state index contributed by atoms with van der Waals surface area (Å²) in [4.78, 5) is 27.2. The van der Waals surface area contributed by atoms with Crippen LogP contribution in [-0.2, 0) is 4.65 Å². The van der Waals surface area contributed by atoms with E-state index in [2.05, 4.69) is 19.9 Å². The van der Waals surface area contributed by atoms with Crippen LogP contribution < -0.4 is 0 Å². The smallest absolute Gasteiger partial charge is 0.455 e. The van der Waals surface area contributed by atoms with Gasteiger partial charge in [-0.3, -0.25) is 9.59 Å². The molecule has 0 spiro atoms. The molecule has 1 saturated heterocycles. The van der Waals surface area contributed by atoms with Crippen LogP contribution in [-0.4, -0.2) is 34.9 Å². The van der Waals surface area contributed by atoms with Crippen LogP contribution in [0, 0.1) is 17.8 Å². The van der Waals surface area contributed by atoms with Crippen molar-refractivity contribution in [1.29, 1.82) is 0 Å². The normalized spacial score (nSPS) is 25.6. The lowest BCUT2D eigenvalue weighted by molar-refractivity contribution is 0.0599. The number of fused-ring (bicyclic) bond motifs is 4. The van der Waals surface area contributed by atoms with Gasteiger partial charge in [0.15, 0.2) is 11.6 Å². The van der Waals surface area contributed by atoms with Gasteiger partial charge in [0.25, 0.3) is 0 Å². The van der Waals surface area contributed by atoms with Crippen molar-refractivity contribution in [3.05, 3.63) is 81.9 Å². The molecule has 2 N–H and O–H groups in total. The summed E-state index contributed by atoms with van der Waals surface area (Å²) in [7, 11) is -0.965. The Morgan fingerprint density at radius 2 is 1.70 bits per heavy atom. The summed E-state index contributed by atoms with van der Waals surface area (Å²) in [6.45, 7) is 4.24. The van der Waals surface area contributed by atoms with Gasteiger partial charge >= 0.3 is 7.12 Å². The lowest BCUT2D eigenvalue weighted by Gasteiger charge is -2.47. The molecule has 5 rings (SSSR count). The fourth-order valence-electron chi connectivity index (χ4n) is 6.74. The van der Waals surface area contributed by atoms with Crippen LogP contribution in [0.2, 0.25) is 6.32 Å². The Hall–Kier alpha value is -2.96. The number of phenols is 1. The SMILES string of the molecule is CCC/C(=C\c1ccccc1O)CC[C@H]1OB(O)C[C@H]2C1=C(CC)C[C@H]1C(=O)c3ccccc3C(=O)[C@H]12. The monoisotopic (exact) mass is 498 g/mol. The number of benzene rings is 2. The van der Waals surface area contributed by atoms with Crippen LogP contribution in [0.3, 0.4) is 0 Å². The lowest BCUT2D eigenvalue weighted by Crippen LogP contribution is -2.50. The molecule has 0 radical (unpaired) electrons. The number of carbonyl (C=O) groups excluding carboxylic acids is 2. The number of Topliss-reactive ketones (excluding diaryl/α,β-unsaturated/α-hetero) is 2. The van der Waals surface area contributed by atoms with Crippen LogP contribution in [0.15, 0.2) is 65.3 Å². The fourth-order valence-corrected chi connectivity index (χ4v) is 6.74. The predicted molar refractivity (Wildman–Crippen MR) is 145 cm³/mol. The molecule has 6 heteroatoms. The summed E-state index contributed by atoms with van der Waals surface area (Å²) in [5.41, 5.74) is 5.40. The minimum Gasteiger partial charge on any atom is -0.507 e. The van der Waals surface area contributed by atoms with Crippen molar-refractivity contribution < 1.29 is 24.4 Å². The van der Waals surface area contributed by atoms with Crippen LogP contribution in [0.5, 0.6) is 5.75 Å². The molecule has 2 aliphatic carbocycles. The first-order valence-corrected chi connectivity index (χ1v) is 13.6. The summed E-state index contributed by atoms with van der Waals surface area (Å²) in [6, 6.07) is 14.5. The van der Waals surface area contributed by atoms with E-state index in [9.17, 15) is 19.7 Å². The van der Waals surface area contributed by atoms with E-state index in [1.165, 1.54) is 11.1 Å². The molecule has 0 unspecified atom stereocenters. The maximum Gasteiger partial charge on any atom is 0.455 e. The maximum absolute atomic E-state index is 13.7. The van der Waals surface area contributed by atoms with Crippen molar-refractivity contribution in [3.8, 4) is 5.75 Å². The van der Waals surface area contributed by atoms with Crippen LogP contribution >= 0.6 is 0 Å². The highest BCUT2D eigenvalue weighted by atomic mass is 16.5. The molecule has 1 aliphatic heterocycles. The van der Waals surface area contributed by atoms with E-state index in [0.717, 1.165) is 36.8 Å². The summed E-state index contributed by atoms with van der Waals surface area (Å²) in [5.74, 6) is -0.663. The van der Waals surface area contributed by atoms with Gasteiger partial charge < -0.3 is 14.8 Å². The number of hydrogen-bond donors (Lipinski definition) is 2. The zero-order valence-corrected chi connectivity index (χ0v) is 21.7. The fraction of sp³-hybridized carbons (Fsp3) is 0.419. The second kappa shape index (κ2) is 10.8. The van der Waals surface area contributed by atoms with E-state index in [0.29, 0.717) is 30.3 Å². The zero-order valence-electron chi connectivity index (χ0n) is 21.7. The van der Waals surface area contributed by atoms with Crippen molar-refractivity contribution in [3.63, 3.8) is 0 Å². The largest absolute Gasteiger partial charge is 0.507 e. The molecule has 2 aromatic carbocycles. The van der Waals surface area contributed by atoms with Crippen molar-refractivity contribution >= 4 is 24.8 Å². The Balaban J connectivity index is 1.46. The average Bonchev–Trinajstić information content (AvgIpc) is 2.90. The second-order valence-electron chi connectivity index (χ2n) is 10.6. The van der Waals surface area contributed by atoms with Crippen molar-refractivity contribution in [2.24, 2.45) is 17.8 Å². The number of aromatic hydroxyl groups is 1. The Kier molecular flexibility index (Phi) is 7.50. The number of ketones is 2. The first-order valence-electron chi connectivity index (χ1n) is 13.6. The summed E-state index contributed by atoms with van der Waals surface area (Å²) >= 11 is 0. The van der Waals surface area contributed by atoms with Gasteiger partial charge in [-0.15, -0.1) is 0 Å². The third kappa shape index (κ3) is 4.85. The summed E-state index contributed by atoms with van der Waals surface area (Å²) in [6.07, 6.45) is 6.81. The summed E-state index contributed by atoms with van der Waals surface area (Å²) < 4.78 is 6.13. The average molecular weight is 498 g/mol. The molecule has 1 fully saturated rings. The summed E-state index contributed by atoms with van der Waals surface area (Å²) in [5, 5.41) is 21.0. The van der Waals surface area contributed by atoms with Gasteiger partial charge in [0.05, 0.1) is 6.10 Å². The molecule has 3 aliphatic rings. The molecule has 192 valence electrons. The van der Waals surface area contributed by atoms with Gasteiger partial charge in [-0.2, -0.15) is 0 Å². The molecular weight excluding hydrogens is 463 g/mol. The highest BCUT2D eigenvalue weighted by Crippen LogP contribution is 2.51. The van der Waals surface area contributed by atoms with E-state index in [1.807, 2.05) is 30.3 Å². The van der Waals surface area contributed by atoms with E-state index in [4.69, 9.17) is 4.65 Å². The van der Waals surface area contributed by atoms with E-state index < -0.39 is 13.0 Å². The number of para-hydroxylation sites is 1. The maximum atomic E-state index is 13.7. The molecule has 37 heavy (non-hydrogen) atoms. The van der Waals surface area contributed by atoms with Gasteiger partial charge in [0.1, 0.15) is 5.75 Å². The topological polar surface area (TPSA) is 83.8 Å². The predicted octanol–water partition coefficient (Wildman–Crippen LogP) is 6.27. The molecule has 2 aromatic rings. The van der Waals surface area contributed by atoms with Crippen LogP contribution in [0.4, 0.5) is 0 Å². The van der Waals surface area contributed by atoms with Crippen molar-refractivity contribution in [2.75, 3.05) is 0 Å². The van der Waals surface area contributed by atoms with Crippen LogP contribution in [0.25, 0.3) is 6.08 Å². The van der Waals surface area contributed by atoms with Gasteiger partial charge in [-0.05, 0) is 56.0 Å². The zero-order chi connectivity index (χ0) is 26.1. The van der Waals surface area contributed by atoms with E-state index >= 15 is 0 Å². The molecule has 5 nitrogen and oxygen atoms in total. The van der Waals surface area contributed by atoms with E-state index in [1.54, 1.807) is 18.2 Å². The minimum absolute atomic E-state index is 0.0248. The Labute approximate surface area is 219 Å². The molecule has 4 atom stereocenters. The van der Waals surface area contributed by atoms with Gasteiger partial charge in [0.2, 0.25) is 0 Å². The van der Waals surface area contributed by atoms with Gasteiger partial charge in [0, 0.05) is 28.5 Å². The lowest BCUT2D eigenvalue weighted by atomic mass is 9.54. The standard InChI is InChI=1S/C31H35BO5/c1-3-9-19(16-21-10-5-8-13-26(21)33)14-15-27-28-20(4-2)17-24-29(25(28)18-32(36)37-27)31(35)23-12-7-6-11-22(23)30(24)34/h5-8,10-13,16,24-25,27,29,33,36H,3-4,9,14-15,17-18H2,1-2H3/b19-16+/t24-,25+,27-,29-/m1/s1. The quantitative estimate of drug-likeness (QED) is 0.347. The number of phenolic OH excluding ortho intramolecular Hbond substituents is 1. The third-order valence-corrected chi connectivity index (χ3v) is 8.38. The first-order chi connectivity index (χ1) is 17.9. The molecule has 0 bridgehead atoms. The second-order valence-corrected chi connectivity index (χ2v) is 10.6. The minimum atomic E-state index is -0.965. The first kappa shape index (κ1) is 25.7.